The number of benzene rings is 2. The van der Waals surface area contributed by atoms with Crippen molar-refractivity contribution in [3.8, 4) is 11.5 Å². The topological polar surface area (TPSA) is 52.4 Å². The number of nitro groups is 1. The van der Waals surface area contributed by atoms with E-state index in [1.165, 1.54) is 36.4 Å². The Morgan fingerprint density at radius 2 is 2.00 bits per heavy atom. The average molecular weight is 361 g/mol. The van der Waals surface area contributed by atoms with Crippen LogP contribution in [0.25, 0.3) is 0 Å². The van der Waals surface area contributed by atoms with Gasteiger partial charge < -0.3 is 4.74 Å². The Labute approximate surface area is 127 Å². The first kappa shape index (κ1) is 14.7. The molecule has 0 fully saturated rings. The molecule has 2 aromatic rings. The number of halogens is 3. The second-order valence-corrected chi connectivity index (χ2v) is 4.98. The van der Waals surface area contributed by atoms with Crippen LogP contribution >= 0.6 is 27.5 Å². The number of nitrogens with zero attached hydrogens (tertiary/aromatic N) is 1. The minimum atomic E-state index is -0.516. The summed E-state index contributed by atoms with van der Waals surface area (Å²) in [5, 5.41) is 10.7. The van der Waals surface area contributed by atoms with Crippen molar-refractivity contribution in [1.29, 1.82) is 0 Å². The first-order valence-corrected chi connectivity index (χ1v) is 6.80. The first-order valence-electron chi connectivity index (χ1n) is 5.47. The number of non-ortho nitro benzene ring substituents is 1. The van der Waals surface area contributed by atoms with Crippen LogP contribution in [0.2, 0.25) is 0 Å². The molecule has 0 spiro atoms. The van der Waals surface area contributed by atoms with Gasteiger partial charge in [-0.15, -0.1) is 11.6 Å². The van der Waals surface area contributed by atoms with E-state index in [1.807, 2.05) is 0 Å². The molecule has 0 aliphatic carbocycles. The Kier molecular flexibility index (Phi) is 4.57. The summed E-state index contributed by atoms with van der Waals surface area (Å²) in [5.41, 5.74) is 0.378. The second kappa shape index (κ2) is 6.19. The number of alkyl halides is 1. The molecule has 0 aliphatic rings. The maximum Gasteiger partial charge on any atom is 0.270 e. The van der Waals surface area contributed by atoms with Crippen molar-refractivity contribution >= 4 is 33.2 Å². The van der Waals surface area contributed by atoms with Crippen molar-refractivity contribution in [3.63, 3.8) is 0 Å². The Bertz CT molecular complexity index is 666. The summed E-state index contributed by atoms with van der Waals surface area (Å²) < 4.78 is 19.3. The summed E-state index contributed by atoms with van der Waals surface area (Å²) in [6, 6.07) is 8.08. The zero-order chi connectivity index (χ0) is 14.7. The van der Waals surface area contributed by atoms with Gasteiger partial charge >= 0.3 is 0 Å². The lowest BCUT2D eigenvalue weighted by molar-refractivity contribution is -0.384. The number of nitro benzene ring substituents is 1. The predicted molar refractivity (Wildman–Crippen MR) is 76.8 cm³/mol. The standard InChI is InChI=1S/C13H8BrClFNO3/c14-11-3-1-9(16)6-13(11)20-12-4-2-10(17(18)19)5-8(12)7-15/h1-6H,7H2. The normalized spacial score (nSPS) is 10.3. The molecular formula is C13H8BrClFNO3. The molecule has 0 saturated heterocycles. The van der Waals surface area contributed by atoms with Gasteiger partial charge in [-0.25, -0.2) is 4.39 Å². The van der Waals surface area contributed by atoms with Crippen LogP contribution in [0.5, 0.6) is 11.5 Å². The molecule has 0 N–H and O–H groups in total. The highest BCUT2D eigenvalue weighted by atomic mass is 79.9. The van der Waals surface area contributed by atoms with Crippen LogP contribution in [0.4, 0.5) is 10.1 Å². The average Bonchev–Trinajstić information content (AvgIpc) is 2.43. The van der Waals surface area contributed by atoms with Gasteiger partial charge in [-0.05, 0) is 34.1 Å². The third-order valence-electron chi connectivity index (χ3n) is 2.51. The zero-order valence-corrected chi connectivity index (χ0v) is 12.3. The monoisotopic (exact) mass is 359 g/mol. The van der Waals surface area contributed by atoms with Gasteiger partial charge in [-0.3, -0.25) is 10.1 Å². The summed E-state index contributed by atoms with van der Waals surface area (Å²) in [4.78, 5) is 10.2. The molecule has 0 heterocycles. The zero-order valence-electron chi connectivity index (χ0n) is 9.98. The molecule has 0 aliphatic heterocycles. The molecule has 0 unspecified atom stereocenters. The van der Waals surface area contributed by atoms with Crippen molar-refractivity contribution < 1.29 is 14.1 Å². The van der Waals surface area contributed by atoms with Gasteiger partial charge in [0, 0.05) is 23.8 Å². The summed E-state index contributed by atoms with van der Waals surface area (Å²) in [6.07, 6.45) is 0. The largest absolute Gasteiger partial charge is 0.456 e. The van der Waals surface area contributed by atoms with Gasteiger partial charge in [0.25, 0.3) is 5.69 Å². The highest BCUT2D eigenvalue weighted by Gasteiger charge is 2.13. The molecule has 20 heavy (non-hydrogen) atoms. The van der Waals surface area contributed by atoms with Gasteiger partial charge in [0.1, 0.15) is 17.3 Å². The fourth-order valence-electron chi connectivity index (χ4n) is 1.56. The molecule has 2 rings (SSSR count). The second-order valence-electron chi connectivity index (χ2n) is 3.86. The lowest BCUT2D eigenvalue weighted by atomic mass is 10.2. The van der Waals surface area contributed by atoms with E-state index in [4.69, 9.17) is 16.3 Å². The van der Waals surface area contributed by atoms with E-state index in [9.17, 15) is 14.5 Å². The number of hydrogen-bond donors (Lipinski definition) is 0. The Balaban J connectivity index is 2.38. The van der Waals surface area contributed by atoms with E-state index in [0.717, 1.165) is 0 Å². The third-order valence-corrected chi connectivity index (χ3v) is 3.46. The van der Waals surface area contributed by atoms with Crippen LogP contribution in [0.3, 0.4) is 0 Å². The molecule has 0 bridgehead atoms. The molecule has 0 radical (unpaired) electrons. The van der Waals surface area contributed by atoms with Crippen LogP contribution in [0.1, 0.15) is 5.56 Å². The fraction of sp³-hybridized carbons (Fsp3) is 0.0769. The van der Waals surface area contributed by atoms with Crippen molar-refractivity contribution in [2.75, 3.05) is 0 Å². The lowest BCUT2D eigenvalue weighted by Crippen LogP contribution is -1.94. The highest BCUT2D eigenvalue weighted by Crippen LogP contribution is 2.34. The van der Waals surface area contributed by atoms with Crippen molar-refractivity contribution in [3.05, 3.63) is 62.4 Å². The molecule has 104 valence electrons. The minimum Gasteiger partial charge on any atom is -0.456 e. The van der Waals surface area contributed by atoms with Crippen LogP contribution in [0, 0.1) is 15.9 Å². The van der Waals surface area contributed by atoms with Gasteiger partial charge in [0.15, 0.2) is 0 Å². The molecule has 4 nitrogen and oxygen atoms in total. The van der Waals surface area contributed by atoms with Crippen molar-refractivity contribution in [2.24, 2.45) is 0 Å². The maximum atomic E-state index is 13.2. The number of hydrogen-bond acceptors (Lipinski definition) is 3. The fourth-order valence-corrected chi connectivity index (χ4v) is 2.09. The summed E-state index contributed by atoms with van der Waals surface area (Å²) >= 11 is 9.00. The van der Waals surface area contributed by atoms with E-state index in [2.05, 4.69) is 15.9 Å². The van der Waals surface area contributed by atoms with E-state index in [1.54, 1.807) is 0 Å². The van der Waals surface area contributed by atoms with Crippen LogP contribution in [0.15, 0.2) is 40.9 Å². The molecule has 7 heteroatoms. The Morgan fingerprint density at radius 3 is 2.65 bits per heavy atom. The molecule has 0 amide bonds. The first-order chi connectivity index (χ1) is 9.51. The van der Waals surface area contributed by atoms with Gasteiger partial charge in [0.05, 0.1) is 15.3 Å². The van der Waals surface area contributed by atoms with Crippen molar-refractivity contribution in [1.82, 2.24) is 0 Å². The molecule has 0 saturated carbocycles. The van der Waals surface area contributed by atoms with Crippen molar-refractivity contribution in [2.45, 2.75) is 5.88 Å². The predicted octanol–water partition coefficient (Wildman–Crippen LogP) is 5.03. The molecular weight excluding hydrogens is 353 g/mol. The Morgan fingerprint density at radius 1 is 1.25 bits per heavy atom. The van der Waals surface area contributed by atoms with E-state index in [-0.39, 0.29) is 17.3 Å². The van der Waals surface area contributed by atoms with Crippen LogP contribution in [-0.2, 0) is 5.88 Å². The van der Waals surface area contributed by atoms with E-state index < -0.39 is 10.7 Å². The minimum absolute atomic E-state index is 0.0456. The van der Waals surface area contributed by atoms with Gasteiger partial charge in [-0.2, -0.15) is 0 Å². The third kappa shape index (κ3) is 3.26. The van der Waals surface area contributed by atoms with Crippen LogP contribution in [-0.4, -0.2) is 4.92 Å². The smallest absolute Gasteiger partial charge is 0.270 e. The lowest BCUT2D eigenvalue weighted by Gasteiger charge is -2.11. The quantitative estimate of drug-likeness (QED) is 0.436. The SMILES string of the molecule is O=[N+]([O-])c1ccc(Oc2cc(F)ccc2Br)c(CCl)c1. The number of rotatable bonds is 4. The van der Waals surface area contributed by atoms with Gasteiger partial charge in [0.2, 0.25) is 0 Å². The number of ether oxygens (including phenoxy) is 1. The highest BCUT2D eigenvalue weighted by molar-refractivity contribution is 9.10. The summed E-state index contributed by atoms with van der Waals surface area (Å²) in [5.74, 6) is 0.212. The van der Waals surface area contributed by atoms with Gasteiger partial charge in [-0.1, -0.05) is 0 Å². The molecule has 0 aromatic heterocycles. The van der Waals surface area contributed by atoms with Crippen LogP contribution < -0.4 is 4.74 Å². The summed E-state index contributed by atoms with van der Waals surface area (Å²) in [6.45, 7) is 0. The maximum absolute atomic E-state index is 13.2. The molecule has 2 aromatic carbocycles. The van der Waals surface area contributed by atoms with E-state index >= 15 is 0 Å². The Hall–Kier alpha value is -1.66. The molecule has 0 atom stereocenters. The van der Waals surface area contributed by atoms with E-state index in [0.29, 0.717) is 15.8 Å². The summed E-state index contributed by atoms with van der Waals surface area (Å²) in [7, 11) is 0.